The van der Waals surface area contributed by atoms with Gasteiger partial charge in [0.25, 0.3) is 0 Å². The molecule has 0 saturated carbocycles. The van der Waals surface area contributed by atoms with Crippen molar-refractivity contribution >= 4 is 17.5 Å². The minimum Gasteiger partial charge on any atom is -0.469 e. The molecule has 5 nitrogen and oxygen atoms in total. The highest BCUT2D eigenvalue weighted by molar-refractivity contribution is 6.21. The van der Waals surface area contributed by atoms with Gasteiger partial charge in [-0.1, -0.05) is 0 Å². The van der Waals surface area contributed by atoms with Crippen LogP contribution in [-0.2, 0) is 19.1 Å². The third-order valence-corrected chi connectivity index (χ3v) is 3.94. The van der Waals surface area contributed by atoms with Crippen LogP contribution in [0, 0.1) is 0 Å². The van der Waals surface area contributed by atoms with E-state index in [4.69, 9.17) is 0 Å². The van der Waals surface area contributed by atoms with Gasteiger partial charge in [-0.05, 0) is 25.7 Å². The molecule has 0 unspecified atom stereocenters. The van der Waals surface area contributed by atoms with Crippen LogP contribution >= 0.6 is 0 Å². The molecule has 1 aliphatic carbocycles. The average Bonchev–Trinajstić information content (AvgIpc) is 2.98. The Bertz CT molecular complexity index is 447. The summed E-state index contributed by atoms with van der Waals surface area (Å²) in [5.41, 5.74) is 1.26. The summed E-state index contributed by atoms with van der Waals surface area (Å²) in [5.74, 6) is -0.681. The fourth-order valence-corrected chi connectivity index (χ4v) is 2.89. The number of methoxy groups -OCH3 is 1. The van der Waals surface area contributed by atoms with Gasteiger partial charge in [-0.3, -0.25) is 14.4 Å². The van der Waals surface area contributed by atoms with Crippen LogP contribution in [0.2, 0.25) is 0 Å². The number of allylic oxidation sites excluding steroid dienone is 2. The standard InChI is InChI=1S/C15H21NO4/c1-20-14(19)8-7-13(18)15-11(5-4-6-12(15)17)16-9-2-3-10-16/h2-10H2,1H3. The van der Waals surface area contributed by atoms with Crippen molar-refractivity contribution in [2.75, 3.05) is 20.2 Å². The van der Waals surface area contributed by atoms with Crippen molar-refractivity contribution < 1.29 is 19.1 Å². The van der Waals surface area contributed by atoms with Crippen LogP contribution in [0.4, 0.5) is 0 Å². The van der Waals surface area contributed by atoms with E-state index >= 15 is 0 Å². The van der Waals surface area contributed by atoms with Crippen molar-refractivity contribution in [3.63, 3.8) is 0 Å². The summed E-state index contributed by atoms with van der Waals surface area (Å²) < 4.78 is 4.54. The van der Waals surface area contributed by atoms with Crippen LogP contribution in [0.3, 0.4) is 0 Å². The lowest BCUT2D eigenvalue weighted by atomic mass is 9.90. The third kappa shape index (κ3) is 3.26. The maximum atomic E-state index is 12.3. The van der Waals surface area contributed by atoms with E-state index in [-0.39, 0.29) is 24.4 Å². The molecule has 0 atom stereocenters. The number of carbonyl (C=O) groups is 3. The zero-order valence-corrected chi connectivity index (χ0v) is 11.9. The molecule has 2 rings (SSSR count). The maximum absolute atomic E-state index is 12.3. The molecule has 5 heteroatoms. The molecule has 0 amide bonds. The highest BCUT2D eigenvalue weighted by atomic mass is 16.5. The van der Waals surface area contributed by atoms with E-state index in [2.05, 4.69) is 9.64 Å². The van der Waals surface area contributed by atoms with Gasteiger partial charge in [-0.2, -0.15) is 0 Å². The Hall–Kier alpha value is -1.65. The molecular formula is C15H21NO4. The van der Waals surface area contributed by atoms with Gasteiger partial charge in [0.1, 0.15) is 0 Å². The Morgan fingerprint density at radius 2 is 1.80 bits per heavy atom. The van der Waals surface area contributed by atoms with E-state index < -0.39 is 5.97 Å². The van der Waals surface area contributed by atoms with Crippen LogP contribution in [0.25, 0.3) is 0 Å². The van der Waals surface area contributed by atoms with Crippen molar-refractivity contribution in [2.45, 2.75) is 44.9 Å². The molecule has 1 saturated heterocycles. The van der Waals surface area contributed by atoms with Gasteiger partial charge >= 0.3 is 5.97 Å². The van der Waals surface area contributed by atoms with E-state index in [1.165, 1.54) is 7.11 Å². The summed E-state index contributed by atoms with van der Waals surface area (Å²) in [5, 5.41) is 0. The largest absolute Gasteiger partial charge is 0.469 e. The maximum Gasteiger partial charge on any atom is 0.305 e. The van der Waals surface area contributed by atoms with E-state index in [9.17, 15) is 14.4 Å². The van der Waals surface area contributed by atoms with Gasteiger partial charge in [0.2, 0.25) is 0 Å². The van der Waals surface area contributed by atoms with Crippen molar-refractivity contribution in [1.29, 1.82) is 0 Å². The first-order valence-corrected chi connectivity index (χ1v) is 7.25. The van der Waals surface area contributed by atoms with Gasteiger partial charge in [0, 0.05) is 31.6 Å². The molecule has 0 aromatic heterocycles. The monoisotopic (exact) mass is 279 g/mol. The Morgan fingerprint density at radius 3 is 2.45 bits per heavy atom. The lowest BCUT2D eigenvalue weighted by Gasteiger charge is -2.27. The number of likely N-dealkylation sites (tertiary alicyclic amines) is 1. The molecule has 20 heavy (non-hydrogen) atoms. The summed E-state index contributed by atoms with van der Waals surface area (Å²) in [6, 6.07) is 0. The highest BCUT2D eigenvalue weighted by Crippen LogP contribution is 2.29. The summed E-state index contributed by atoms with van der Waals surface area (Å²) in [6.07, 6.45) is 4.38. The fourth-order valence-electron chi connectivity index (χ4n) is 2.89. The lowest BCUT2D eigenvalue weighted by molar-refractivity contribution is -0.141. The zero-order chi connectivity index (χ0) is 14.5. The number of rotatable bonds is 5. The van der Waals surface area contributed by atoms with Crippen LogP contribution in [-0.4, -0.2) is 42.6 Å². The smallest absolute Gasteiger partial charge is 0.305 e. The van der Waals surface area contributed by atoms with Crippen LogP contribution in [0.5, 0.6) is 0 Å². The first kappa shape index (κ1) is 14.8. The lowest BCUT2D eigenvalue weighted by Crippen LogP contribution is -2.29. The van der Waals surface area contributed by atoms with Crippen molar-refractivity contribution in [1.82, 2.24) is 4.90 Å². The molecule has 1 fully saturated rings. The summed E-state index contributed by atoms with van der Waals surface area (Å²) in [7, 11) is 1.30. The molecule has 1 heterocycles. The minimum atomic E-state index is -0.412. The fraction of sp³-hybridized carbons (Fsp3) is 0.667. The number of ether oxygens (including phenoxy) is 1. The van der Waals surface area contributed by atoms with Crippen LogP contribution < -0.4 is 0 Å². The van der Waals surface area contributed by atoms with Crippen molar-refractivity contribution in [3.05, 3.63) is 11.3 Å². The topological polar surface area (TPSA) is 63.7 Å². The Morgan fingerprint density at radius 1 is 1.10 bits per heavy atom. The molecule has 0 aromatic rings. The molecule has 0 radical (unpaired) electrons. The highest BCUT2D eigenvalue weighted by Gasteiger charge is 2.30. The van der Waals surface area contributed by atoms with Gasteiger partial charge in [-0.15, -0.1) is 0 Å². The minimum absolute atomic E-state index is 0.0411. The Balaban J connectivity index is 2.15. The van der Waals surface area contributed by atoms with Gasteiger partial charge in [-0.25, -0.2) is 0 Å². The molecule has 0 N–H and O–H groups in total. The summed E-state index contributed by atoms with van der Waals surface area (Å²) in [4.78, 5) is 37.7. The van der Waals surface area contributed by atoms with Gasteiger partial charge < -0.3 is 9.64 Å². The second-order valence-corrected chi connectivity index (χ2v) is 5.29. The first-order chi connectivity index (χ1) is 9.63. The van der Waals surface area contributed by atoms with Crippen LogP contribution in [0.15, 0.2) is 11.3 Å². The number of ketones is 2. The molecule has 2 aliphatic rings. The SMILES string of the molecule is COC(=O)CCC(=O)C1=C(N2CCCC2)CCCC1=O. The molecule has 110 valence electrons. The molecule has 0 bridgehead atoms. The van der Waals surface area contributed by atoms with Gasteiger partial charge in [0.15, 0.2) is 11.6 Å². The number of carbonyl (C=O) groups excluding carboxylic acids is 3. The number of hydrogen-bond acceptors (Lipinski definition) is 5. The zero-order valence-electron chi connectivity index (χ0n) is 11.9. The Kier molecular flexibility index (Phi) is 4.93. The average molecular weight is 279 g/mol. The second kappa shape index (κ2) is 6.68. The Labute approximate surface area is 119 Å². The molecule has 0 spiro atoms. The molecule has 1 aliphatic heterocycles. The predicted molar refractivity (Wildman–Crippen MR) is 72.9 cm³/mol. The van der Waals surface area contributed by atoms with Crippen LogP contribution in [0.1, 0.15) is 44.9 Å². The normalized spacial score (nSPS) is 19.4. The molecule has 0 aromatic carbocycles. The number of hydrogen-bond donors (Lipinski definition) is 0. The quantitative estimate of drug-likeness (QED) is 0.565. The van der Waals surface area contributed by atoms with E-state index in [1.54, 1.807) is 0 Å². The third-order valence-electron chi connectivity index (χ3n) is 3.94. The second-order valence-electron chi connectivity index (χ2n) is 5.29. The predicted octanol–water partition coefficient (Wildman–Crippen LogP) is 1.61. The van der Waals surface area contributed by atoms with Crippen molar-refractivity contribution in [2.24, 2.45) is 0 Å². The number of Topliss-reactive ketones (excluding diaryl/α,β-unsaturated/α-hetero) is 2. The van der Waals surface area contributed by atoms with E-state index in [0.717, 1.165) is 44.5 Å². The molecular weight excluding hydrogens is 258 g/mol. The van der Waals surface area contributed by atoms with Gasteiger partial charge in [0.05, 0.1) is 19.1 Å². The summed E-state index contributed by atoms with van der Waals surface area (Å²) in [6.45, 7) is 1.85. The first-order valence-electron chi connectivity index (χ1n) is 7.25. The number of esters is 1. The number of nitrogens with zero attached hydrogens (tertiary/aromatic N) is 1. The van der Waals surface area contributed by atoms with E-state index in [1.807, 2.05) is 0 Å². The summed E-state index contributed by atoms with van der Waals surface area (Å²) >= 11 is 0. The van der Waals surface area contributed by atoms with E-state index in [0.29, 0.717) is 12.0 Å². The van der Waals surface area contributed by atoms with Crippen molar-refractivity contribution in [3.8, 4) is 0 Å².